The van der Waals surface area contributed by atoms with Gasteiger partial charge in [-0.1, -0.05) is 28.1 Å². The van der Waals surface area contributed by atoms with E-state index in [2.05, 4.69) is 36.8 Å². The van der Waals surface area contributed by atoms with E-state index in [-0.39, 0.29) is 6.61 Å². The number of nitrogens with zero attached hydrogens (tertiary/aromatic N) is 3. The third-order valence-electron chi connectivity index (χ3n) is 3.81. The Morgan fingerprint density at radius 2 is 1.81 bits per heavy atom. The van der Waals surface area contributed by atoms with Crippen LogP contribution in [0.2, 0.25) is 0 Å². The van der Waals surface area contributed by atoms with Crippen LogP contribution in [0, 0.1) is 0 Å². The van der Waals surface area contributed by atoms with Crippen LogP contribution < -0.4 is 9.80 Å². The number of rotatable bonds is 3. The minimum Gasteiger partial charge on any atom is -0.392 e. The molecule has 5 heteroatoms. The van der Waals surface area contributed by atoms with Gasteiger partial charge >= 0.3 is 0 Å². The number of hydrogen-bond donors (Lipinski definition) is 1. The molecule has 3 rings (SSSR count). The van der Waals surface area contributed by atoms with Crippen molar-refractivity contribution in [3.05, 3.63) is 52.6 Å². The molecule has 1 N–H and O–H groups in total. The number of piperazine rings is 1. The molecular formula is C16H18BrN3O. The Kier molecular flexibility index (Phi) is 4.41. The highest BCUT2D eigenvalue weighted by atomic mass is 79.9. The van der Waals surface area contributed by atoms with Crippen LogP contribution in [0.25, 0.3) is 0 Å². The van der Waals surface area contributed by atoms with Crippen LogP contribution in [-0.2, 0) is 6.61 Å². The van der Waals surface area contributed by atoms with Crippen molar-refractivity contribution >= 4 is 27.4 Å². The highest BCUT2D eigenvalue weighted by molar-refractivity contribution is 9.10. The number of pyridine rings is 1. The fourth-order valence-corrected chi connectivity index (χ4v) is 3.03. The summed E-state index contributed by atoms with van der Waals surface area (Å²) < 4.78 is 1.04. The summed E-state index contributed by atoms with van der Waals surface area (Å²) in [5, 5.41) is 9.51. The summed E-state index contributed by atoms with van der Waals surface area (Å²) in [4.78, 5) is 9.04. The number of aliphatic hydroxyl groups is 1. The van der Waals surface area contributed by atoms with Gasteiger partial charge in [-0.2, -0.15) is 0 Å². The molecule has 0 spiro atoms. The number of benzene rings is 1. The average molecular weight is 348 g/mol. The standard InChI is InChI=1S/C16H18BrN3O/c17-14-5-4-13(12-21)15(11-14)19-7-9-20(10-8-19)16-3-1-2-6-18-16/h1-6,11,21H,7-10,12H2. The van der Waals surface area contributed by atoms with Crippen LogP contribution in [0.4, 0.5) is 11.5 Å². The van der Waals surface area contributed by atoms with Gasteiger partial charge in [0, 0.05) is 48.1 Å². The van der Waals surface area contributed by atoms with E-state index in [1.54, 1.807) is 0 Å². The van der Waals surface area contributed by atoms with Crippen LogP contribution in [0.1, 0.15) is 5.56 Å². The van der Waals surface area contributed by atoms with Crippen molar-refractivity contribution in [3.63, 3.8) is 0 Å². The number of halogens is 1. The average Bonchev–Trinajstić information content (AvgIpc) is 2.56. The normalized spacial score (nSPS) is 15.3. The summed E-state index contributed by atoms with van der Waals surface area (Å²) in [7, 11) is 0. The van der Waals surface area contributed by atoms with Crippen LogP contribution in [0.15, 0.2) is 47.1 Å². The molecule has 2 heterocycles. The Bertz CT molecular complexity index is 598. The molecule has 1 fully saturated rings. The lowest BCUT2D eigenvalue weighted by Gasteiger charge is -2.37. The van der Waals surface area contributed by atoms with E-state index in [1.807, 2.05) is 36.5 Å². The highest BCUT2D eigenvalue weighted by Gasteiger charge is 2.20. The quantitative estimate of drug-likeness (QED) is 0.926. The minimum atomic E-state index is 0.0725. The van der Waals surface area contributed by atoms with Gasteiger partial charge in [0.05, 0.1) is 6.61 Å². The Labute approximate surface area is 133 Å². The monoisotopic (exact) mass is 347 g/mol. The Morgan fingerprint density at radius 3 is 2.48 bits per heavy atom. The lowest BCUT2D eigenvalue weighted by molar-refractivity contribution is 0.282. The molecule has 110 valence electrons. The van der Waals surface area contributed by atoms with Gasteiger partial charge in [0.25, 0.3) is 0 Å². The minimum absolute atomic E-state index is 0.0725. The molecule has 0 bridgehead atoms. The summed E-state index contributed by atoms with van der Waals surface area (Å²) >= 11 is 3.51. The predicted octanol–water partition coefficient (Wildman–Crippen LogP) is 2.66. The molecule has 0 atom stereocenters. The Hall–Kier alpha value is -1.59. The molecule has 21 heavy (non-hydrogen) atoms. The molecule has 0 amide bonds. The van der Waals surface area contributed by atoms with Crippen molar-refractivity contribution in [3.8, 4) is 0 Å². The summed E-state index contributed by atoms with van der Waals surface area (Å²) in [6.07, 6.45) is 1.83. The van der Waals surface area contributed by atoms with Gasteiger partial charge in [0.2, 0.25) is 0 Å². The lowest BCUT2D eigenvalue weighted by atomic mass is 10.1. The summed E-state index contributed by atoms with van der Waals surface area (Å²) in [5.74, 6) is 1.04. The topological polar surface area (TPSA) is 39.6 Å². The molecule has 0 radical (unpaired) electrons. The zero-order chi connectivity index (χ0) is 14.7. The maximum atomic E-state index is 9.51. The van der Waals surface area contributed by atoms with Crippen molar-refractivity contribution < 1.29 is 5.11 Å². The SMILES string of the molecule is OCc1ccc(Br)cc1N1CCN(c2ccccn2)CC1. The van der Waals surface area contributed by atoms with Crippen LogP contribution >= 0.6 is 15.9 Å². The summed E-state index contributed by atoms with van der Waals surface area (Å²) in [5.41, 5.74) is 2.09. The number of hydrogen-bond acceptors (Lipinski definition) is 4. The first-order valence-corrected chi connectivity index (χ1v) is 7.87. The lowest BCUT2D eigenvalue weighted by Crippen LogP contribution is -2.47. The molecular weight excluding hydrogens is 330 g/mol. The van der Waals surface area contributed by atoms with Crippen molar-refractivity contribution in [2.45, 2.75) is 6.61 Å². The number of anilines is 2. The molecule has 1 aromatic carbocycles. The highest BCUT2D eigenvalue weighted by Crippen LogP contribution is 2.27. The third-order valence-corrected chi connectivity index (χ3v) is 4.30. The fourth-order valence-electron chi connectivity index (χ4n) is 2.68. The Balaban J connectivity index is 1.73. The molecule has 1 aliphatic heterocycles. The smallest absolute Gasteiger partial charge is 0.128 e. The second kappa shape index (κ2) is 6.45. The van der Waals surface area contributed by atoms with Crippen molar-refractivity contribution in [1.29, 1.82) is 0 Å². The first-order chi connectivity index (χ1) is 10.3. The second-order valence-electron chi connectivity index (χ2n) is 5.09. The van der Waals surface area contributed by atoms with E-state index in [0.717, 1.165) is 47.7 Å². The largest absolute Gasteiger partial charge is 0.392 e. The summed E-state index contributed by atoms with van der Waals surface area (Å²) in [6, 6.07) is 12.0. The molecule has 0 aliphatic carbocycles. The van der Waals surface area contributed by atoms with Crippen LogP contribution in [0.5, 0.6) is 0 Å². The van der Waals surface area contributed by atoms with E-state index < -0.39 is 0 Å². The summed E-state index contributed by atoms with van der Waals surface area (Å²) in [6.45, 7) is 3.81. The number of aliphatic hydroxyl groups excluding tert-OH is 1. The molecule has 2 aromatic rings. The first kappa shape index (κ1) is 14.4. The van der Waals surface area contributed by atoms with Crippen molar-refractivity contribution in [1.82, 2.24) is 4.98 Å². The van der Waals surface area contributed by atoms with E-state index in [1.165, 1.54) is 0 Å². The van der Waals surface area contributed by atoms with Gasteiger partial charge in [-0.15, -0.1) is 0 Å². The van der Waals surface area contributed by atoms with E-state index in [9.17, 15) is 5.11 Å². The first-order valence-electron chi connectivity index (χ1n) is 7.08. The molecule has 1 aromatic heterocycles. The van der Waals surface area contributed by atoms with Gasteiger partial charge in [0.15, 0.2) is 0 Å². The molecule has 0 unspecified atom stereocenters. The Morgan fingerprint density at radius 1 is 1.05 bits per heavy atom. The molecule has 1 aliphatic rings. The van der Waals surface area contributed by atoms with Crippen LogP contribution in [-0.4, -0.2) is 36.3 Å². The van der Waals surface area contributed by atoms with Gasteiger partial charge in [-0.3, -0.25) is 0 Å². The van der Waals surface area contributed by atoms with Crippen LogP contribution in [0.3, 0.4) is 0 Å². The molecule has 4 nitrogen and oxygen atoms in total. The van der Waals surface area contributed by atoms with Crippen molar-refractivity contribution in [2.24, 2.45) is 0 Å². The van der Waals surface area contributed by atoms with E-state index in [4.69, 9.17) is 0 Å². The maximum absolute atomic E-state index is 9.51. The zero-order valence-electron chi connectivity index (χ0n) is 11.7. The second-order valence-corrected chi connectivity index (χ2v) is 6.01. The van der Waals surface area contributed by atoms with Crippen molar-refractivity contribution in [2.75, 3.05) is 36.0 Å². The predicted molar refractivity (Wildman–Crippen MR) is 88.7 cm³/mol. The third kappa shape index (κ3) is 3.19. The van der Waals surface area contributed by atoms with E-state index >= 15 is 0 Å². The zero-order valence-corrected chi connectivity index (χ0v) is 13.3. The molecule has 1 saturated heterocycles. The van der Waals surface area contributed by atoms with E-state index in [0.29, 0.717) is 0 Å². The van der Waals surface area contributed by atoms with Gasteiger partial charge in [-0.05, 0) is 24.3 Å². The van der Waals surface area contributed by atoms with Gasteiger partial charge in [0.1, 0.15) is 5.82 Å². The van der Waals surface area contributed by atoms with Gasteiger partial charge < -0.3 is 14.9 Å². The molecule has 0 saturated carbocycles. The van der Waals surface area contributed by atoms with Gasteiger partial charge in [-0.25, -0.2) is 4.98 Å². The number of aromatic nitrogens is 1. The fraction of sp³-hybridized carbons (Fsp3) is 0.312. The maximum Gasteiger partial charge on any atom is 0.128 e.